The summed E-state index contributed by atoms with van der Waals surface area (Å²) in [5, 5.41) is 0. The molecular weight excluding hydrogens is 392 g/mol. The second-order valence-electron chi connectivity index (χ2n) is 4.08. The summed E-state index contributed by atoms with van der Waals surface area (Å²) in [6, 6.07) is 3.62. The van der Waals surface area contributed by atoms with E-state index in [2.05, 4.69) is 51.8 Å². The molecule has 0 spiro atoms. The zero-order valence-corrected chi connectivity index (χ0v) is 13.0. The van der Waals surface area contributed by atoms with Gasteiger partial charge in [-0.05, 0) is 28.1 Å². The maximum absolute atomic E-state index is 11.8. The summed E-state index contributed by atoms with van der Waals surface area (Å²) in [4.78, 5) is 25.3. The lowest BCUT2D eigenvalue weighted by atomic mass is 10.2. The summed E-state index contributed by atoms with van der Waals surface area (Å²) < 4.78 is 1.55. The minimum atomic E-state index is -0.376. The van der Waals surface area contributed by atoms with Gasteiger partial charge in [-0.15, -0.1) is 0 Å². The zero-order valence-electron chi connectivity index (χ0n) is 9.87. The average molecular weight is 400 g/mol. The zero-order chi connectivity index (χ0) is 14.4. The third kappa shape index (κ3) is 2.08. The number of H-pyrrole nitrogens is 2. The molecule has 3 aromatic rings. The van der Waals surface area contributed by atoms with Crippen molar-refractivity contribution in [3.63, 3.8) is 0 Å². The Morgan fingerprint density at radius 2 is 1.85 bits per heavy atom. The third-order valence-electron chi connectivity index (χ3n) is 2.73. The molecule has 0 saturated carbocycles. The van der Waals surface area contributed by atoms with Crippen molar-refractivity contribution in [1.29, 1.82) is 0 Å². The van der Waals surface area contributed by atoms with E-state index in [4.69, 9.17) is 11.5 Å². The Hall–Kier alpha value is -1.87. The summed E-state index contributed by atoms with van der Waals surface area (Å²) in [5.74, 6) is 0.465. The van der Waals surface area contributed by atoms with Gasteiger partial charge in [0.05, 0.1) is 5.69 Å². The van der Waals surface area contributed by atoms with Gasteiger partial charge in [-0.3, -0.25) is 9.78 Å². The molecule has 0 fully saturated rings. The molecule has 1 aromatic carbocycles. The fraction of sp³-hybridized carbons (Fsp3) is 0. The fourth-order valence-corrected chi connectivity index (χ4v) is 3.06. The maximum atomic E-state index is 11.8. The molecule has 102 valence electrons. The molecule has 2 aromatic heterocycles. The molecule has 0 bridgehead atoms. The number of fused-ring (bicyclic) bond motifs is 1. The number of halogens is 2. The molecule has 7 nitrogen and oxygen atoms in total. The highest BCUT2D eigenvalue weighted by molar-refractivity contribution is 9.11. The largest absolute Gasteiger partial charge is 0.397 e. The van der Waals surface area contributed by atoms with Gasteiger partial charge in [-0.25, -0.2) is 4.98 Å². The normalized spacial score (nSPS) is 11.1. The van der Waals surface area contributed by atoms with Crippen LogP contribution in [0.3, 0.4) is 0 Å². The molecule has 0 aliphatic rings. The number of nitrogens with zero attached hydrogens (tertiary/aromatic N) is 2. The molecule has 9 heteroatoms. The van der Waals surface area contributed by atoms with E-state index in [1.165, 1.54) is 0 Å². The van der Waals surface area contributed by atoms with Crippen molar-refractivity contribution in [2.24, 2.45) is 0 Å². The minimum absolute atomic E-state index is 0.0175. The number of hydrogen-bond donors (Lipinski definition) is 4. The summed E-state index contributed by atoms with van der Waals surface area (Å²) in [7, 11) is 0. The lowest BCUT2D eigenvalue weighted by Gasteiger charge is -2.05. The van der Waals surface area contributed by atoms with Crippen LogP contribution in [0.25, 0.3) is 22.6 Å². The molecule has 0 amide bonds. The van der Waals surface area contributed by atoms with Crippen LogP contribution in [0.1, 0.15) is 0 Å². The summed E-state index contributed by atoms with van der Waals surface area (Å²) >= 11 is 6.75. The monoisotopic (exact) mass is 398 g/mol. The van der Waals surface area contributed by atoms with Gasteiger partial charge in [-0.2, -0.15) is 4.98 Å². The second kappa shape index (κ2) is 4.60. The van der Waals surface area contributed by atoms with Gasteiger partial charge in [0.15, 0.2) is 11.2 Å². The van der Waals surface area contributed by atoms with Gasteiger partial charge in [0.1, 0.15) is 5.82 Å². The van der Waals surface area contributed by atoms with Gasteiger partial charge >= 0.3 is 0 Å². The first kappa shape index (κ1) is 13.1. The van der Waals surface area contributed by atoms with Crippen molar-refractivity contribution in [3.05, 3.63) is 31.4 Å². The molecule has 0 aliphatic heterocycles. The van der Waals surface area contributed by atoms with E-state index in [0.717, 1.165) is 8.95 Å². The van der Waals surface area contributed by atoms with Gasteiger partial charge < -0.3 is 16.5 Å². The van der Waals surface area contributed by atoms with Crippen LogP contribution in [-0.2, 0) is 0 Å². The van der Waals surface area contributed by atoms with E-state index in [0.29, 0.717) is 17.1 Å². The molecule has 0 radical (unpaired) electrons. The molecule has 20 heavy (non-hydrogen) atoms. The number of anilines is 2. The summed E-state index contributed by atoms with van der Waals surface area (Å²) in [6.45, 7) is 0. The molecular formula is C11H8Br2N6O. The van der Waals surface area contributed by atoms with E-state index in [-0.39, 0.29) is 22.7 Å². The number of imidazole rings is 1. The van der Waals surface area contributed by atoms with Crippen molar-refractivity contribution in [2.75, 3.05) is 11.5 Å². The molecule has 0 saturated heterocycles. The first-order valence-corrected chi connectivity index (χ1v) is 7.04. The lowest BCUT2D eigenvalue weighted by Crippen LogP contribution is -2.10. The standard InChI is InChI=1S/C11H8Br2N6O/c12-3-1-4(6(14)5(13)2-3)8-16-7-9(17-8)18-11(15)19-10(7)20/h1-2H,14H2,(H4,15,16,17,18,19,20). The highest BCUT2D eigenvalue weighted by Crippen LogP contribution is 2.34. The number of hydrogen-bond acceptors (Lipinski definition) is 5. The van der Waals surface area contributed by atoms with Crippen LogP contribution in [0.5, 0.6) is 0 Å². The van der Waals surface area contributed by atoms with E-state index in [1.54, 1.807) is 6.07 Å². The van der Waals surface area contributed by atoms with Crippen molar-refractivity contribution < 1.29 is 0 Å². The highest BCUT2D eigenvalue weighted by Gasteiger charge is 2.14. The molecule has 0 unspecified atom stereocenters. The van der Waals surface area contributed by atoms with Crippen LogP contribution in [0, 0.1) is 0 Å². The van der Waals surface area contributed by atoms with E-state index >= 15 is 0 Å². The van der Waals surface area contributed by atoms with Crippen LogP contribution in [-0.4, -0.2) is 19.9 Å². The molecule has 3 rings (SSSR count). The smallest absolute Gasteiger partial charge is 0.278 e. The minimum Gasteiger partial charge on any atom is -0.397 e. The molecule has 0 aliphatic carbocycles. The Morgan fingerprint density at radius 1 is 1.10 bits per heavy atom. The highest BCUT2D eigenvalue weighted by atomic mass is 79.9. The predicted octanol–water partition coefficient (Wildman–Crippen LogP) is 2.00. The number of rotatable bonds is 1. The number of benzene rings is 1. The van der Waals surface area contributed by atoms with Crippen molar-refractivity contribution >= 4 is 54.7 Å². The number of nitrogens with one attached hydrogen (secondary N) is 2. The van der Waals surface area contributed by atoms with Gasteiger partial charge in [0.2, 0.25) is 5.95 Å². The summed E-state index contributed by atoms with van der Waals surface area (Å²) in [6.07, 6.45) is 0. The van der Waals surface area contributed by atoms with Crippen LogP contribution in [0.4, 0.5) is 11.6 Å². The molecule has 0 atom stereocenters. The Kier molecular flexibility index (Phi) is 3.02. The number of nitrogens with two attached hydrogens (primary N) is 2. The SMILES string of the molecule is Nc1nc2nc(-c3cc(Br)cc(Br)c3N)[nH]c2c(=O)[nH]1. The van der Waals surface area contributed by atoms with Crippen molar-refractivity contribution in [1.82, 2.24) is 19.9 Å². The Morgan fingerprint density at radius 3 is 2.60 bits per heavy atom. The predicted molar refractivity (Wildman–Crippen MR) is 84.2 cm³/mol. The average Bonchev–Trinajstić information content (AvgIpc) is 2.77. The van der Waals surface area contributed by atoms with Crippen molar-refractivity contribution in [2.45, 2.75) is 0 Å². The first-order valence-electron chi connectivity index (χ1n) is 5.46. The Bertz CT molecular complexity index is 884. The van der Waals surface area contributed by atoms with Gasteiger partial charge in [-0.1, -0.05) is 15.9 Å². The lowest BCUT2D eigenvalue weighted by molar-refractivity contribution is 1.17. The fourth-order valence-electron chi connectivity index (χ4n) is 1.83. The second-order valence-corrected chi connectivity index (χ2v) is 5.85. The van der Waals surface area contributed by atoms with Crippen LogP contribution in [0.15, 0.2) is 25.9 Å². The van der Waals surface area contributed by atoms with Crippen LogP contribution in [0.2, 0.25) is 0 Å². The van der Waals surface area contributed by atoms with Crippen LogP contribution < -0.4 is 17.0 Å². The van der Waals surface area contributed by atoms with E-state index in [9.17, 15) is 4.79 Å². The molecule has 6 N–H and O–H groups in total. The van der Waals surface area contributed by atoms with E-state index in [1.807, 2.05) is 6.07 Å². The molecule has 2 heterocycles. The number of aromatic nitrogens is 4. The van der Waals surface area contributed by atoms with Crippen molar-refractivity contribution in [3.8, 4) is 11.4 Å². The summed E-state index contributed by atoms with van der Waals surface area (Å²) in [5.41, 5.74) is 12.8. The van der Waals surface area contributed by atoms with Gasteiger partial charge in [0.25, 0.3) is 5.56 Å². The Balaban J connectivity index is 2.31. The Labute approximate surface area is 129 Å². The van der Waals surface area contributed by atoms with E-state index < -0.39 is 0 Å². The third-order valence-corrected chi connectivity index (χ3v) is 3.84. The topological polar surface area (TPSA) is 126 Å². The number of aromatic amines is 2. The van der Waals surface area contributed by atoms with Gasteiger partial charge in [0, 0.05) is 14.5 Å². The maximum Gasteiger partial charge on any atom is 0.278 e. The number of nitrogen functional groups attached to an aromatic ring is 2. The first-order chi connectivity index (χ1) is 9.45. The quantitative estimate of drug-likeness (QED) is 0.465. The van der Waals surface area contributed by atoms with Crippen LogP contribution >= 0.6 is 31.9 Å².